The highest BCUT2D eigenvalue weighted by atomic mass is 32.2. The number of sulfonamides is 1. The zero-order chi connectivity index (χ0) is 13.5. The summed E-state index contributed by atoms with van der Waals surface area (Å²) in [6.45, 7) is 3.22. The number of benzene rings is 1. The van der Waals surface area contributed by atoms with Crippen molar-refractivity contribution in [3.05, 3.63) is 41.7 Å². The van der Waals surface area contributed by atoms with Gasteiger partial charge in [-0.15, -0.1) is 5.10 Å². The maximum atomic E-state index is 12.5. The Hall–Kier alpha value is -1.73. The van der Waals surface area contributed by atoms with Gasteiger partial charge in [0.15, 0.2) is 0 Å². The van der Waals surface area contributed by atoms with E-state index >= 15 is 0 Å². The molecule has 1 aliphatic heterocycles. The molecule has 7 heteroatoms. The Morgan fingerprint density at radius 3 is 2.63 bits per heavy atom. The van der Waals surface area contributed by atoms with Crippen molar-refractivity contribution in [3.63, 3.8) is 0 Å². The molecule has 19 heavy (non-hydrogen) atoms. The van der Waals surface area contributed by atoms with Crippen LogP contribution >= 0.6 is 0 Å². The number of rotatable bonds is 2. The summed E-state index contributed by atoms with van der Waals surface area (Å²) in [6.07, 6.45) is 1.61. The fourth-order valence-electron chi connectivity index (χ4n) is 2.12. The normalized spacial score (nSPS) is 16.3. The Labute approximate surface area is 111 Å². The number of fused-ring (bicyclic) bond motifs is 1. The summed E-state index contributed by atoms with van der Waals surface area (Å²) in [4.78, 5) is 0.332. The van der Waals surface area contributed by atoms with E-state index in [4.69, 9.17) is 0 Å². The molecule has 6 nitrogen and oxygen atoms in total. The van der Waals surface area contributed by atoms with E-state index in [2.05, 4.69) is 10.3 Å². The highest BCUT2D eigenvalue weighted by Crippen LogP contribution is 2.21. The molecule has 0 bridgehead atoms. The lowest BCUT2D eigenvalue weighted by Gasteiger charge is -2.26. The molecular formula is C12H14N4O2S. The second kappa shape index (κ2) is 4.43. The zero-order valence-electron chi connectivity index (χ0n) is 10.5. The molecule has 0 atom stereocenters. The Kier molecular flexibility index (Phi) is 2.87. The number of hydrogen-bond donors (Lipinski definition) is 0. The molecule has 0 aliphatic carbocycles. The topological polar surface area (TPSA) is 68.1 Å². The predicted octanol–water partition coefficient (Wildman–Crippen LogP) is 0.791. The van der Waals surface area contributed by atoms with E-state index in [1.165, 1.54) is 4.31 Å². The number of aryl methyl sites for hydroxylation is 1. The summed E-state index contributed by atoms with van der Waals surface area (Å²) < 4.78 is 28.2. The van der Waals surface area contributed by atoms with Crippen molar-refractivity contribution in [2.24, 2.45) is 0 Å². The minimum Gasteiger partial charge on any atom is -0.247 e. The lowest BCUT2D eigenvalue weighted by Crippen LogP contribution is -2.38. The fourth-order valence-corrected chi connectivity index (χ4v) is 3.52. The minimum atomic E-state index is -3.43. The minimum absolute atomic E-state index is 0.323. The van der Waals surface area contributed by atoms with Gasteiger partial charge in [0.25, 0.3) is 0 Å². The molecule has 2 aromatic rings. The quantitative estimate of drug-likeness (QED) is 0.814. The monoisotopic (exact) mass is 278 g/mol. The molecule has 1 aliphatic rings. The van der Waals surface area contributed by atoms with Crippen LogP contribution in [0.4, 0.5) is 0 Å². The number of nitrogens with zero attached hydrogens (tertiary/aromatic N) is 4. The Morgan fingerprint density at radius 2 is 1.89 bits per heavy atom. The molecule has 0 saturated carbocycles. The molecule has 2 heterocycles. The zero-order valence-corrected chi connectivity index (χ0v) is 11.3. The van der Waals surface area contributed by atoms with Gasteiger partial charge in [-0.2, -0.15) is 4.31 Å². The summed E-state index contributed by atoms with van der Waals surface area (Å²) in [5.41, 5.74) is 1.86. The van der Waals surface area contributed by atoms with Crippen LogP contribution in [0.15, 0.2) is 35.4 Å². The van der Waals surface area contributed by atoms with Crippen molar-refractivity contribution in [1.29, 1.82) is 0 Å². The van der Waals surface area contributed by atoms with E-state index in [0.29, 0.717) is 24.5 Å². The molecular weight excluding hydrogens is 264 g/mol. The molecule has 1 aromatic carbocycles. The second-order valence-corrected chi connectivity index (χ2v) is 6.54. The second-order valence-electron chi connectivity index (χ2n) is 4.60. The van der Waals surface area contributed by atoms with Gasteiger partial charge < -0.3 is 0 Å². The van der Waals surface area contributed by atoms with E-state index in [0.717, 1.165) is 11.3 Å². The SMILES string of the molecule is Cc1ccc(S(=O)(=O)N2CCn3nncc3C2)cc1. The van der Waals surface area contributed by atoms with Gasteiger partial charge in [0.1, 0.15) is 0 Å². The number of hydrogen-bond acceptors (Lipinski definition) is 4. The van der Waals surface area contributed by atoms with Crippen LogP contribution in [0.5, 0.6) is 0 Å². The lowest BCUT2D eigenvalue weighted by atomic mass is 10.2. The van der Waals surface area contributed by atoms with Crippen LogP contribution in [0, 0.1) is 6.92 Å². The third kappa shape index (κ3) is 2.15. The van der Waals surface area contributed by atoms with E-state index in [9.17, 15) is 8.42 Å². The first-order valence-electron chi connectivity index (χ1n) is 6.01. The van der Waals surface area contributed by atoms with Gasteiger partial charge in [-0.1, -0.05) is 22.9 Å². The van der Waals surface area contributed by atoms with Crippen LogP contribution in [0.1, 0.15) is 11.3 Å². The molecule has 0 fully saturated rings. The van der Waals surface area contributed by atoms with Crippen molar-refractivity contribution in [1.82, 2.24) is 19.3 Å². The Morgan fingerprint density at radius 1 is 1.16 bits per heavy atom. The Bertz CT molecular complexity index is 691. The maximum Gasteiger partial charge on any atom is 0.243 e. The molecule has 0 saturated heterocycles. The van der Waals surface area contributed by atoms with E-state index < -0.39 is 10.0 Å². The summed E-state index contributed by atoms with van der Waals surface area (Å²) in [6, 6.07) is 6.91. The fraction of sp³-hybridized carbons (Fsp3) is 0.333. The van der Waals surface area contributed by atoms with Crippen LogP contribution < -0.4 is 0 Å². The largest absolute Gasteiger partial charge is 0.247 e. The van der Waals surface area contributed by atoms with Crippen molar-refractivity contribution in [3.8, 4) is 0 Å². The molecule has 0 amide bonds. The van der Waals surface area contributed by atoms with Crippen molar-refractivity contribution >= 4 is 10.0 Å². The Balaban J connectivity index is 1.92. The van der Waals surface area contributed by atoms with Gasteiger partial charge in [0, 0.05) is 6.54 Å². The summed E-state index contributed by atoms with van der Waals surface area (Å²) in [5.74, 6) is 0. The number of aromatic nitrogens is 3. The van der Waals surface area contributed by atoms with Crippen molar-refractivity contribution in [2.75, 3.05) is 6.54 Å². The first-order chi connectivity index (χ1) is 9.07. The summed E-state index contributed by atoms with van der Waals surface area (Å²) in [7, 11) is -3.43. The highest BCUT2D eigenvalue weighted by Gasteiger charge is 2.28. The third-order valence-electron chi connectivity index (χ3n) is 3.26. The van der Waals surface area contributed by atoms with Crippen LogP contribution in [-0.4, -0.2) is 34.3 Å². The first kappa shape index (κ1) is 12.3. The van der Waals surface area contributed by atoms with E-state index in [1.807, 2.05) is 19.1 Å². The van der Waals surface area contributed by atoms with Crippen molar-refractivity contribution < 1.29 is 8.42 Å². The average Bonchev–Trinajstić information content (AvgIpc) is 2.86. The molecule has 0 spiro atoms. The van der Waals surface area contributed by atoms with Crippen LogP contribution in [0.25, 0.3) is 0 Å². The summed E-state index contributed by atoms with van der Waals surface area (Å²) in [5, 5.41) is 7.70. The maximum absolute atomic E-state index is 12.5. The molecule has 0 N–H and O–H groups in total. The van der Waals surface area contributed by atoms with Gasteiger partial charge in [-0.25, -0.2) is 13.1 Å². The van der Waals surface area contributed by atoms with Gasteiger partial charge in [-0.05, 0) is 19.1 Å². The third-order valence-corrected chi connectivity index (χ3v) is 5.12. The predicted molar refractivity (Wildman–Crippen MR) is 68.8 cm³/mol. The highest BCUT2D eigenvalue weighted by molar-refractivity contribution is 7.89. The summed E-state index contributed by atoms with van der Waals surface area (Å²) >= 11 is 0. The first-order valence-corrected chi connectivity index (χ1v) is 7.45. The standard InChI is InChI=1S/C12H14N4O2S/c1-10-2-4-12(5-3-10)19(17,18)15-6-7-16-11(9-15)8-13-14-16/h2-5,8H,6-7,9H2,1H3. The van der Waals surface area contributed by atoms with Crippen LogP contribution in [-0.2, 0) is 23.1 Å². The van der Waals surface area contributed by atoms with E-state index in [-0.39, 0.29) is 0 Å². The van der Waals surface area contributed by atoms with Gasteiger partial charge in [-0.3, -0.25) is 0 Å². The van der Waals surface area contributed by atoms with Crippen molar-refractivity contribution in [2.45, 2.75) is 24.9 Å². The van der Waals surface area contributed by atoms with Crippen LogP contribution in [0.2, 0.25) is 0 Å². The molecule has 0 unspecified atom stereocenters. The smallest absolute Gasteiger partial charge is 0.243 e. The van der Waals surface area contributed by atoms with Gasteiger partial charge >= 0.3 is 0 Å². The molecule has 100 valence electrons. The molecule has 0 radical (unpaired) electrons. The van der Waals surface area contributed by atoms with Gasteiger partial charge in [0.05, 0.1) is 29.9 Å². The average molecular weight is 278 g/mol. The molecule has 1 aromatic heterocycles. The van der Waals surface area contributed by atoms with Crippen LogP contribution in [0.3, 0.4) is 0 Å². The van der Waals surface area contributed by atoms with Gasteiger partial charge in [0.2, 0.25) is 10.0 Å². The molecule has 3 rings (SSSR count). The lowest BCUT2D eigenvalue weighted by molar-refractivity contribution is 0.324. The van der Waals surface area contributed by atoms with E-state index in [1.54, 1.807) is 23.0 Å².